The van der Waals surface area contributed by atoms with Crippen molar-refractivity contribution in [3.05, 3.63) is 0 Å². The quantitative estimate of drug-likeness (QED) is 0.463. The molecule has 2 rings (SSSR count). The molecule has 0 bridgehead atoms. The Morgan fingerprint density at radius 2 is 1.72 bits per heavy atom. The molecule has 29 heavy (non-hydrogen) atoms. The molecule has 0 aromatic carbocycles. The standard InChI is InChI=1S/C20H35NO7S/c1-19(2,3)28-18(24)20(10-14-27-15-11-20)29(25,26)21-12-8-16(9-13-21)6-4-5-7-17(22)23/h16H,4-15H2,1-3H3,(H,22,23). The monoisotopic (exact) mass is 433 g/mol. The Labute approximate surface area is 174 Å². The van der Waals surface area contributed by atoms with E-state index in [0.29, 0.717) is 25.4 Å². The normalized spacial score (nSPS) is 21.6. The van der Waals surface area contributed by atoms with Gasteiger partial charge in [-0.3, -0.25) is 9.59 Å². The van der Waals surface area contributed by atoms with E-state index in [0.717, 1.165) is 25.7 Å². The number of carboxylic acid groups (broad SMARTS) is 1. The van der Waals surface area contributed by atoms with Crippen molar-refractivity contribution in [1.29, 1.82) is 0 Å². The molecule has 2 heterocycles. The van der Waals surface area contributed by atoms with Gasteiger partial charge in [-0.1, -0.05) is 12.8 Å². The molecular weight excluding hydrogens is 398 g/mol. The van der Waals surface area contributed by atoms with E-state index in [-0.39, 0.29) is 32.5 Å². The van der Waals surface area contributed by atoms with Gasteiger partial charge in [-0.15, -0.1) is 0 Å². The Bertz CT molecular complexity index is 669. The predicted molar refractivity (Wildman–Crippen MR) is 108 cm³/mol. The van der Waals surface area contributed by atoms with Gasteiger partial charge >= 0.3 is 11.9 Å². The van der Waals surface area contributed by atoms with E-state index in [4.69, 9.17) is 14.6 Å². The summed E-state index contributed by atoms with van der Waals surface area (Å²) in [7, 11) is -3.88. The fraction of sp³-hybridized carbons (Fsp3) is 0.900. The second-order valence-electron chi connectivity index (χ2n) is 9.10. The largest absolute Gasteiger partial charge is 0.481 e. The molecule has 0 amide bonds. The first kappa shape index (κ1) is 24.1. The summed E-state index contributed by atoms with van der Waals surface area (Å²) in [6.45, 7) is 6.42. The molecule has 0 saturated carbocycles. The van der Waals surface area contributed by atoms with Crippen LogP contribution in [0.15, 0.2) is 0 Å². The molecule has 2 saturated heterocycles. The maximum Gasteiger partial charge on any atom is 0.329 e. The Kier molecular flexibility index (Phi) is 8.09. The van der Waals surface area contributed by atoms with Crippen LogP contribution in [0.1, 0.15) is 72.1 Å². The van der Waals surface area contributed by atoms with Gasteiger partial charge in [0, 0.05) is 45.6 Å². The zero-order valence-electron chi connectivity index (χ0n) is 17.8. The predicted octanol–water partition coefficient (Wildman–Crippen LogP) is 2.56. The molecule has 0 spiro atoms. The minimum atomic E-state index is -3.88. The van der Waals surface area contributed by atoms with E-state index < -0.39 is 32.3 Å². The lowest BCUT2D eigenvalue weighted by molar-refractivity contribution is -0.161. The van der Waals surface area contributed by atoms with Gasteiger partial charge in [0.2, 0.25) is 10.0 Å². The molecule has 2 aliphatic rings. The number of piperidine rings is 1. The number of esters is 1. The van der Waals surface area contributed by atoms with E-state index in [1.807, 2.05) is 0 Å². The Morgan fingerprint density at radius 1 is 1.14 bits per heavy atom. The third kappa shape index (κ3) is 6.15. The third-order valence-electron chi connectivity index (χ3n) is 5.73. The first-order chi connectivity index (χ1) is 13.5. The summed E-state index contributed by atoms with van der Waals surface area (Å²) < 4.78 is 37.8. The number of ether oxygens (including phenoxy) is 2. The number of carbonyl (C=O) groups is 2. The maximum absolute atomic E-state index is 13.5. The number of aliphatic carboxylic acids is 1. The van der Waals surface area contributed by atoms with Crippen molar-refractivity contribution in [3.63, 3.8) is 0 Å². The highest BCUT2D eigenvalue weighted by Crippen LogP contribution is 2.37. The highest BCUT2D eigenvalue weighted by atomic mass is 32.2. The van der Waals surface area contributed by atoms with Gasteiger partial charge in [0.15, 0.2) is 4.75 Å². The Balaban J connectivity index is 2.03. The highest BCUT2D eigenvalue weighted by molar-refractivity contribution is 7.91. The second-order valence-corrected chi connectivity index (χ2v) is 11.3. The van der Waals surface area contributed by atoms with Gasteiger partial charge in [-0.2, -0.15) is 0 Å². The van der Waals surface area contributed by atoms with Gasteiger partial charge in [-0.25, -0.2) is 12.7 Å². The molecule has 1 N–H and O–H groups in total. The van der Waals surface area contributed by atoms with E-state index in [1.165, 1.54) is 4.31 Å². The number of unbranched alkanes of at least 4 members (excludes halogenated alkanes) is 1. The number of sulfonamides is 1. The Hall–Kier alpha value is -1.19. The number of hydrogen-bond acceptors (Lipinski definition) is 6. The molecule has 2 aliphatic heterocycles. The maximum atomic E-state index is 13.5. The summed E-state index contributed by atoms with van der Waals surface area (Å²) in [5, 5.41) is 8.72. The van der Waals surface area contributed by atoms with Crippen LogP contribution in [0.4, 0.5) is 0 Å². The summed E-state index contributed by atoms with van der Waals surface area (Å²) >= 11 is 0. The van der Waals surface area contributed by atoms with Crippen LogP contribution in [0.2, 0.25) is 0 Å². The lowest BCUT2D eigenvalue weighted by Crippen LogP contribution is -2.59. The van der Waals surface area contributed by atoms with E-state index in [9.17, 15) is 18.0 Å². The molecule has 0 aromatic heterocycles. The first-order valence-electron chi connectivity index (χ1n) is 10.5. The fourth-order valence-corrected chi connectivity index (χ4v) is 6.15. The van der Waals surface area contributed by atoms with Crippen LogP contribution in [0, 0.1) is 5.92 Å². The molecule has 8 nitrogen and oxygen atoms in total. The van der Waals surface area contributed by atoms with Crippen LogP contribution in [0.5, 0.6) is 0 Å². The molecule has 0 unspecified atom stereocenters. The van der Waals surface area contributed by atoms with Gasteiger partial charge in [0.05, 0.1) is 0 Å². The SMILES string of the molecule is CC(C)(C)OC(=O)C1(S(=O)(=O)N2CCC(CCCCC(=O)O)CC2)CCOCC1. The molecule has 0 aliphatic carbocycles. The number of hydrogen-bond donors (Lipinski definition) is 1. The van der Waals surface area contributed by atoms with Crippen LogP contribution in [0.25, 0.3) is 0 Å². The summed E-state index contributed by atoms with van der Waals surface area (Å²) in [6.07, 6.45) is 4.25. The van der Waals surface area contributed by atoms with E-state index in [2.05, 4.69) is 0 Å². The zero-order valence-corrected chi connectivity index (χ0v) is 18.6. The van der Waals surface area contributed by atoms with Crippen molar-refractivity contribution in [2.45, 2.75) is 82.5 Å². The van der Waals surface area contributed by atoms with Gasteiger partial charge < -0.3 is 14.6 Å². The minimum Gasteiger partial charge on any atom is -0.481 e. The fourth-order valence-electron chi connectivity index (χ4n) is 4.03. The lowest BCUT2D eigenvalue weighted by Gasteiger charge is -2.41. The topological polar surface area (TPSA) is 110 Å². The van der Waals surface area contributed by atoms with Gasteiger partial charge in [0.25, 0.3) is 0 Å². The molecule has 9 heteroatoms. The summed E-state index contributed by atoms with van der Waals surface area (Å²) in [5.74, 6) is -1.07. The van der Waals surface area contributed by atoms with Crippen molar-refractivity contribution in [3.8, 4) is 0 Å². The summed E-state index contributed by atoms with van der Waals surface area (Å²) in [4.78, 5) is 23.6. The number of carbonyl (C=O) groups excluding carboxylic acids is 1. The molecule has 2 fully saturated rings. The highest BCUT2D eigenvalue weighted by Gasteiger charge is 2.56. The molecular formula is C20H35NO7S. The average molecular weight is 434 g/mol. The minimum absolute atomic E-state index is 0.110. The van der Waals surface area contributed by atoms with Crippen molar-refractivity contribution in [1.82, 2.24) is 4.31 Å². The van der Waals surface area contributed by atoms with E-state index >= 15 is 0 Å². The van der Waals surface area contributed by atoms with Crippen LogP contribution < -0.4 is 0 Å². The van der Waals surface area contributed by atoms with E-state index in [1.54, 1.807) is 20.8 Å². The van der Waals surface area contributed by atoms with Crippen LogP contribution in [-0.2, 0) is 29.1 Å². The molecule has 0 atom stereocenters. The van der Waals surface area contributed by atoms with Crippen molar-refractivity contribution < 1.29 is 32.6 Å². The summed E-state index contributed by atoms with van der Waals surface area (Å²) in [6, 6.07) is 0. The van der Waals surface area contributed by atoms with Crippen molar-refractivity contribution in [2.24, 2.45) is 5.92 Å². The summed E-state index contributed by atoms with van der Waals surface area (Å²) in [5.41, 5.74) is -0.763. The van der Waals surface area contributed by atoms with Crippen LogP contribution in [-0.4, -0.2) is 66.4 Å². The molecule has 0 radical (unpaired) electrons. The number of carboxylic acids is 1. The smallest absolute Gasteiger partial charge is 0.329 e. The molecule has 0 aromatic rings. The number of nitrogens with zero attached hydrogens (tertiary/aromatic N) is 1. The third-order valence-corrected chi connectivity index (χ3v) is 8.34. The van der Waals surface area contributed by atoms with Crippen LogP contribution >= 0.6 is 0 Å². The van der Waals surface area contributed by atoms with Crippen molar-refractivity contribution in [2.75, 3.05) is 26.3 Å². The zero-order chi connectivity index (χ0) is 21.7. The van der Waals surface area contributed by atoms with Crippen LogP contribution in [0.3, 0.4) is 0 Å². The lowest BCUT2D eigenvalue weighted by atomic mass is 9.92. The first-order valence-corrected chi connectivity index (χ1v) is 11.9. The van der Waals surface area contributed by atoms with Crippen molar-refractivity contribution >= 4 is 22.0 Å². The Morgan fingerprint density at radius 3 is 2.24 bits per heavy atom. The average Bonchev–Trinajstić information content (AvgIpc) is 2.64. The number of rotatable bonds is 8. The van der Waals surface area contributed by atoms with Gasteiger partial charge in [-0.05, 0) is 46.0 Å². The molecule has 168 valence electrons. The second kappa shape index (κ2) is 9.75. The van der Waals surface area contributed by atoms with Gasteiger partial charge in [0.1, 0.15) is 5.60 Å².